The lowest BCUT2D eigenvalue weighted by atomic mass is 10.1. The summed E-state index contributed by atoms with van der Waals surface area (Å²) < 4.78 is 27.9. The summed E-state index contributed by atoms with van der Waals surface area (Å²) in [6, 6.07) is 12.3. The van der Waals surface area contributed by atoms with Crippen molar-refractivity contribution in [3.63, 3.8) is 0 Å². The highest BCUT2D eigenvalue weighted by Crippen LogP contribution is 2.28. The molecule has 6 heteroatoms. The summed E-state index contributed by atoms with van der Waals surface area (Å²) in [4.78, 5) is 0.235. The minimum absolute atomic E-state index is 0.235. The summed E-state index contributed by atoms with van der Waals surface area (Å²) in [7, 11) is -3.58. The molecule has 0 unspecified atom stereocenters. The first-order chi connectivity index (χ1) is 9.56. The van der Waals surface area contributed by atoms with Crippen molar-refractivity contribution in [2.75, 3.05) is 16.6 Å². The summed E-state index contributed by atoms with van der Waals surface area (Å²) >= 11 is 3.27. The monoisotopic (exact) mass is 352 g/mol. The van der Waals surface area contributed by atoms with Gasteiger partial charge in [-0.05, 0) is 58.2 Å². The molecule has 0 amide bonds. The van der Waals surface area contributed by atoms with E-state index in [1.54, 1.807) is 30.3 Å². The fourth-order valence-corrected chi connectivity index (χ4v) is 4.29. The summed E-state index contributed by atoms with van der Waals surface area (Å²) in [5.41, 5.74) is 2.80. The molecular weight excluding hydrogens is 340 g/mol. The van der Waals surface area contributed by atoms with Crippen LogP contribution in [0.1, 0.15) is 5.56 Å². The molecule has 2 N–H and O–H groups in total. The minimum atomic E-state index is -3.58. The Hall–Kier alpha value is -1.53. The van der Waals surface area contributed by atoms with Gasteiger partial charge in [-0.25, -0.2) is 8.42 Å². The Kier molecular flexibility index (Phi) is 3.43. The lowest BCUT2D eigenvalue weighted by Crippen LogP contribution is -2.13. The molecule has 104 valence electrons. The largest absolute Gasteiger partial charge is 0.384 e. The van der Waals surface area contributed by atoms with Gasteiger partial charge in [0, 0.05) is 22.4 Å². The van der Waals surface area contributed by atoms with E-state index in [2.05, 4.69) is 26.0 Å². The van der Waals surface area contributed by atoms with Crippen molar-refractivity contribution >= 4 is 37.3 Å². The second-order valence-electron chi connectivity index (χ2n) is 4.58. The van der Waals surface area contributed by atoms with Crippen LogP contribution in [0.15, 0.2) is 51.8 Å². The second-order valence-corrected chi connectivity index (χ2v) is 7.09. The molecule has 0 saturated heterocycles. The summed E-state index contributed by atoms with van der Waals surface area (Å²) in [5, 5.41) is 3.25. The van der Waals surface area contributed by atoms with E-state index in [4.69, 9.17) is 0 Å². The molecule has 3 rings (SSSR count). The molecule has 20 heavy (non-hydrogen) atoms. The van der Waals surface area contributed by atoms with Crippen molar-refractivity contribution in [3.8, 4) is 0 Å². The van der Waals surface area contributed by atoms with E-state index in [1.807, 2.05) is 12.1 Å². The van der Waals surface area contributed by atoms with Crippen LogP contribution in [0.5, 0.6) is 0 Å². The number of nitrogens with one attached hydrogen (secondary N) is 2. The molecule has 4 nitrogen and oxygen atoms in total. The molecule has 0 atom stereocenters. The Balaban J connectivity index is 1.93. The van der Waals surface area contributed by atoms with E-state index < -0.39 is 10.0 Å². The molecule has 0 aliphatic carbocycles. The highest BCUT2D eigenvalue weighted by molar-refractivity contribution is 9.10. The lowest BCUT2D eigenvalue weighted by molar-refractivity contribution is 0.601. The number of sulfonamides is 1. The zero-order valence-electron chi connectivity index (χ0n) is 10.6. The van der Waals surface area contributed by atoms with Gasteiger partial charge in [0.25, 0.3) is 10.0 Å². The van der Waals surface area contributed by atoms with Crippen LogP contribution >= 0.6 is 15.9 Å². The van der Waals surface area contributed by atoms with Gasteiger partial charge in [-0.2, -0.15) is 0 Å². The third-order valence-corrected chi connectivity index (χ3v) is 5.59. The first-order valence-electron chi connectivity index (χ1n) is 6.20. The predicted molar refractivity (Wildman–Crippen MR) is 83.6 cm³/mol. The summed E-state index contributed by atoms with van der Waals surface area (Å²) in [5.74, 6) is 0. The van der Waals surface area contributed by atoms with Crippen molar-refractivity contribution < 1.29 is 8.42 Å². The molecule has 0 fully saturated rings. The van der Waals surface area contributed by atoms with Gasteiger partial charge in [0.15, 0.2) is 0 Å². The first kappa shape index (κ1) is 13.5. The van der Waals surface area contributed by atoms with E-state index in [0.29, 0.717) is 10.2 Å². The van der Waals surface area contributed by atoms with E-state index in [0.717, 1.165) is 24.2 Å². The highest BCUT2D eigenvalue weighted by atomic mass is 79.9. The fourth-order valence-electron chi connectivity index (χ4n) is 2.24. The molecule has 1 aliphatic heterocycles. The number of hydrogen-bond donors (Lipinski definition) is 2. The maximum Gasteiger partial charge on any atom is 0.263 e. The van der Waals surface area contributed by atoms with Crippen molar-refractivity contribution in [2.45, 2.75) is 11.3 Å². The Morgan fingerprint density at radius 1 is 1.15 bits per heavy atom. The van der Waals surface area contributed by atoms with Crippen molar-refractivity contribution in [2.24, 2.45) is 0 Å². The Labute approximate surface area is 126 Å². The molecule has 0 aromatic heterocycles. The van der Waals surface area contributed by atoms with Crippen LogP contribution < -0.4 is 10.0 Å². The zero-order chi connectivity index (χ0) is 14.2. The highest BCUT2D eigenvalue weighted by Gasteiger charge is 2.18. The maximum absolute atomic E-state index is 12.4. The molecule has 0 bridgehead atoms. The van der Waals surface area contributed by atoms with Crippen LogP contribution in [0, 0.1) is 0 Å². The average molecular weight is 353 g/mol. The zero-order valence-corrected chi connectivity index (χ0v) is 13.0. The first-order valence-corrected chi connectivity index (χ1v) is 8.48. The Bertz CT molecular complexity index is 760. The molecule has 1 heterocycles. The number of rotatable bonds is 3. The minimum Gasteiger partial charge on any atom is -0.384 e. The molecular formula is C14H13BrN2O2S. The molecule has 1 aliphatic rings. The standard InChI is InChI=1S/C14H13BrN2O2S/c15-12-3-1-2-4-14(12)20(18,19)17-11-5-6-13-10(9-11)7-8-16-13/h1-6,9,16-17H,7-8H2. The van der Waals surface area contributed by atoms with Crippen molar-refractivity contribution in [1.29, 1.82) is 0 Å². The smallest absolute Gasteiger partial charge is 0.263 e. The van der Waals surface area contributed by atoms with Crippen LogP contribution in [-0.4, -0.2) is 15.0 Å². The Morgan fingerprint density at radius 3 is 2.75 bits per heavy atom. The summed E-state index contributed by atoms with van der Waals surface area (Å²) in [6.45, 7) is 0.899. The van der Waals surface area contributed by atoms with Gasteiger partial charge in [0.05, 0.1) is 0 Å². The van der Waals surface area contributed by atoms with Gasteiger partial charge < -0.3 is 5.32 Å². The fraction of sp³-hybridized carbons (Fsp3) is 0.143. The van der Waals surface area contributed by atoms with E-state index in [-0.39, 0.29) is 4.90 Å². The maximum atomic E-state index is 12.4. The topological polar surface area (TPSA) is 58.2 Å². The number of halogens is 1. The number of hydrogen-bond acceptors (Lipinski definition) is 3. The van der Waals surface area contributed by atoms with Crippen molar-refractivity contribution in [3.05, 3.63) is 52.5 Å². The Morgan fingerprint density at radius 2 is 1.95 bits per heavy atom. The lowest BCUT2D eigenvalue weighted by Gasteiger charge is -2.10. The van der Waals surface area contributed by atoms with Gasteiger partial charge in [-0.15, -0.1) is 0 Å². The predicted octanol–water partition coefficient (Wildman–Crippen LogP) is 3.22. The van der Waals surface area contributed by atoms with Crippen LogP contribution in [0.25, 0.3) is 0 Å². The number of anilines is 2. The quantitative estimate of drug-likeness (QED) is 0.891. The van der Waals surface area contributed by atoms with Gasteiger partial charge in [-0.1, -0.05) is 12.1 Å². The molecule has 0 saturated carbocycles. The SMILES string of the molecule is O=S(=O)(Nc1ccc2c(c1)CCN2)c1ccccc1Br. The van der Waals surface area contributed by atoms with Gasteiger partial charge in [-0.3, -0.25) is 4.72 Å². The van der Waals surface area contributed by atoms with Crippen molar-refractivity contribution in [1.82, 2.24) is 0 Å². The molecule has 0 spiro atoms. The molecule has 2 aromatic carbocycles. The number of benzene rings is 2. The van der Waals surface area contributed by atoms with Crippen LogP contribution in [-0.2, 0) is 16.4 Å². The van der Waals surface area contributed by atoms with E-state index >= 15 is 0 Å². The van der Waals surface area contributed by atoms with Crippen LogP contribution in [0.4, 0.5) is 11.4 Å². The second kappa shape index (κ2) is 5.10. The average Bonchev–Trinajstić information content (AvgIpc) is 2.86. The van der Waals surface area contributed by atoms with Gasteiger partial charge >= 0.3 is 0 Å². The van der Waals surface area contributed by atoms with Gasteiger partial charge in [0.2, 0.25) is 0 Å². The van der Waals surface area contributed by atoms with E-state index in [9.17, 15) is 8.42 Å². The summed E-state index contributed by atoms with van der Waals surface area (Å²) in [6.07, 6.45) is 0.917. The van der Waals surface area contributed by atoms with Crippen LogP contribution in [0.2, 0.25) is 0 Å². The van der Waals surface area contributed by atoms with Crippen LogP contribution in [0.3, 0.4) is 0 Å². The third-order valence-electron chi connectivity index (χ3n) is 3.19. The molecule has 0 radical (unpaired) electrons. The van der Waals surface area contributed by atoms with E-state index in [1.165, 1.54) is 0 Å². The number of fused-ring (bicyclic) bond motifs is 1. The third kappa shape index (κ3) is 2.53. The normalized spacial score (nSPS) is 13.7. The van der Waals surface area contributed by atoms with Gasteiger partial charge in [0.1, 0.15) is 4.90 Å². The molecule has 2 aromatic rings.